The number of nitrogens with zero attached hydrogens (tertiary/aromatic N) is 2. The highest BCUT2D eigenvalue weighted by atomic mass is 35.5. The maximum absolute atomic E-state index is 13.4. The number of aromatic nitrogens is 2. The molecule has 0 saturated heterocycles. The highest BCUT2D eigenvalue weighted by molar-refractivity contribution is 6.30. The van der Waals surface area contributed by atoms with Gasteiger partial charge in [-0.05, 0) is 35.4 Å². The van der Waals surface area contributed by atoms with Crippen LogP contribution in [0.15, 0.2) is 60.9 Å². The zero-order valence-electron chi connectivity index (χ0n) is 16.6. The van der Waals surface area contributed by atoms with Gasteiger partial charge in [0.1, 0.15) is 17.7 Å². The van der Waals surface area contributed by atoms with Crippen molar-refractivity contribution in [1.29, 1.82) is 0 Å². The van der Waals surface area contributed by atoms with E-state index >= 15 is 0 Å². The van der Waals surface area contributed by atoms with Gasteiger partial charge in [-0.2, -0.15) is 0 Å². The Balaban J connectivity index is 1.83. The minimum Gasteiger partial charge on any atom is -0.349 e. The van der Waals surface area contributed by atoms with Crippen LogP contribution >= 0.6 is 11.6 Å². The average Bonchev–Trinajstić information content (AvgIpc) is 3.12. The standard InChI is InChI=1S/C22H22ClFN4O2/c1-14(29)26-19(15-3-7-17(23)8-4-15)13-20(30)27-21(22-25-11-12-28(22)2)16-5-9-18(24)10-6-16/h3-12,19,21H,13H2,1-2H3,(H,26,29)(H,27,30). The van der Waals surface area contributed by atoms with Gasteiger partial charge in [0, 0.05) is 31.4 Å². The molecule has 2 aromatic carbocycles. The molecule has 1 heterocycles. The van der Waals surface area contributed by atoms with Crippen LogP contribution in [0.4, 0.5) is 4.39 Å². The molecule has 156 valence electrons. The first kappa shape index (κ1) is 21.5. The van der Waals surface area contributed by atoms with Crippen molar-refractivity contribution in [2.75, 3.05) is 0 Å². The molecule has 3 rings (SSSR count). The maximum atomic E-state index is 13.4. The van der Waals surface area contributed by atoms with E-state index in [1.807, 2.05) is 7.05 Å². The van der Waals surface area contributed by atoms with Crippen LogP contribution in [0, 0.1) is 5.82 Å². The molecule has 6 nitrogen and oxygen atoms in total. The van der Waals surface area contributed by atoms with E-state index < -0.39 is 12.1 Å². The Bertz CT molecular complexity index is 1020. The lowest BCUT2D eigenvalue weighted by Crippen LogP contribution is -2.35. The number of amides is 2. The van der Waals surface area contributed by atoms with E-state index in [4.69, 9.17) is 11.6 Å². The zero-order chi connectivity index (χ0) is 21.7. The van der Waals surface area contributed by atoms with Crippen molar-refractivity contribution in [3.63, 3.8) is 0 Å². The quantitative estimate of drug-likeness (QED) is 0.602. The number of nitrogens with one attached hydrogen (secondary N) is 2. The molecular formula is C22H22ClFN4O2. The van der Waals surface area contributed by atoms with Crippen LogP contribution in [0.25, 0.3) is 0 Å². The zero-order valence-corrected chi connectivity index (χ0v) is 17.4. The minimum atomic E-state index is -0.568. The number of hydrogen-bond donors (Lipinski definition) is 2. The first-order valence-electron chi connectivity index (χ1n) is 9.38. The summed E-state index contributed by atoms with van der Waals surface area (Å²) in [5, 5.41) is 6.32. The monoisotopic (exact) mass is 428 g/mol. The number of benzene rings is 2. The Morgan fingerprint density at radius 2 is 1.70 bits per heavy atom. The smallest absolute Gasteiger partial charge is 0.223 e. The minimum absolute atomic E-state index is 0.0172. The van der Waals surface area contributed by atoms with Crippen LogP contribution in [0.2, 0.25) is 5.02 Å². The van der Waals surface area contributed by atoms with Crippen molar-refractivity contribution in [1.82, 2.24) is 20.2 Å². The van der Waals surface area contributed by atoms with Crippen LogP contribution in [-0.4, -0.2) is 21.4 Å². The Hall–Kier alpha value is -3.19. The molecule has 2 unspecified atom stereocenters. The Morgan fingerprint density at radius 1 is 1.07 bits per heavy atom. The van der Waals surface area contributed by atoms with E-state index in [-0.39, 0.29) is 24.1 Å². The normalized spacial score (nSPS) is 12.8. The SMILES string of the molecule is CC(=O)NC(CC(=O)NC(c1ccc(F)cc1)c1nccn1C)c1ccc(Cl)cc1. The van der Waals surface area contributed by atoms with Crippen LogP contribution < -0.4 is 10.6 Å². The van der Waals surface area contributed by atoms with Gasteiger partial charge in [-0.25, -0.2) is 9.37 Å². The fraction of sp³-hybridized carbons (Fsp3) is 0.227. The highest BCUT2D eigenvalue weighted by Crippen LogP contribution is 2.23. The number of imidazole rings is 1. The van der Waals surface area contributed by atoms with Crippen LogP contribution in [-0.2, 0) is 16.6 Å². The van der Waals surface area contributed by atoms with E-state index in [1.165, 1.54) is 19.1 Å². The molecule has 0 aliphatic carbocycles. The van der Waals surface area contributed by atoms with Gasteiger partial charge in [0.25, 0.3) is 0 Å². The number of hydrogen-bond acceptors (Lipinski definition) is 3. The molecule has 0 spiro atoms. The van der Waals surface area contributed by atoms with Crippen molar-refractivity contribution >= 4 is 23.4 Å². The molecular weight excluding hydrogens is 407 g/mol. The predicted molar refractivity (Wildman–Crippen MR) is 112 cm³/mol. The molecule has 2 N–H and O–H groups in total. The summed E-state index contributed by atoms with van der Waals surface area (Å²) >= 11 is 5.94. The number of halogens is 2. The molecule has 3 aromatic rings. The number of carbonyl (C=O) groups excluding carboxylic acids is 2. The summed E-state index contributed by atoms with van der Waals surface area (Å²) in [5.41, 5.74) is 1.46. The van der Waals surface area contributed by atoms with Crippen LogP contribution in [0.1, 0.15) is 42.4 Å². The highest BCUT2D eigenvalue weighted by Gasteiger charge is 2.24. The van der Waals surface area contributed by atoms with Crippen molar-refractivity contribution in [3.05, 3.63) is 88.7 Å². The van der Waals surface area contributed by atoms with E-state index in [1.54, 1.807) is 53.4 Å². The summed E-state index contributed by atoms with van der Waals surface area (Å²) in [5.74, 6) is -0.294. The first-order valence-corrected chi connectivity index (χ1v) is 9.76. The van der Waals surface area contributed by atoms with E-state index in [0.29, 0.717) is 16.4 Å². The van der Waals surface area contributed by atoms with Gasteiger partial charge in [-0.1, -0.05) is 35.9 Å². The molecule has 2 amide bonds. The van der Waals surface area contributed by atoms with Gasteiger partial charge in [0.15, 0.2) is 0 Å². The number of aryl methyl sites for hydroxylation is 1. The fourth-order valence-electron chi connectivity index (χ4n) is 3.21. The van der Waals surface area contributed by atoms with Crippen LogP contribution in [0.3, 0.4) is 0 Å². The molecule has 0 aliphatic heterocycles. The van der Waals surface area contributed by atoms with Crippen molar-refractivity contribution in [2.24, 2.45) is 7.05 Å². The van der Waals surface area contributed by atoms with Crippen molar-refractivity contribution < 1.29 is 14.0 Å². The summed E-state index contributed by atoms with van der Waals surface area (Å²) in [6.07, 6.45) is 3.42. The maximum Gasteiger partial charge on any atom is 0.223 e. The topological polar surface area (TPSA) is 76.0 Å². The molecule has 30 heavy (non-hydrogen) atoms. The predicted octanol–water partition coefficient (Wildman–Crippen LogP) is 3.69. The van der Waals surface area contributed by atoms with Crippen LogP contribution in [0.5, 0.6) is 0 Å². The molecule has 0 saturated carbocycles. The Kier molecular flexibility index (Phi) is 6.84. The van der Waals surface area contributed by atoms with Crippen molar-refractivity contribution in [2.45, 2.75) is 25.4 Å². The molecule has 2 atom stereocenters. The van der Waals surface area contributed by atoms with E-state index in [2.05, 4.69) is 15.6 Å². The van der Waals surface area contributed by atoms with Gasteiger partial charge in [-0.15, -0.1) is 0 Å². The second kappa shape index (κ2) is 9.54. The Morgan fingerprint density at radius 3 is 2.27 bits per heavy atom. The van der Waals surface area contributed by atoms with Gasteiger partial charge >= 0.3 is 0 Å². The lowest BCUT2D eigenvalue weighted by molar-refractivity contribution is -0.123. The average molecular weight is 429 g/mol. The fourth-order valence-corrected chi connectivity index (χ4v) is 3.33. The number of carbonyl (C=O) groups is 2. The summed E-state index contributed by atoms with van der Waals surface area (Å²) < 4.78 is 15.2. The summed E-state index contributed by atoms with van der Waals surface area (Å²) in [6, 6.07) is 11.8. The summed E-state index contributed by atoms with van der Waals surface area (Å²) in [7, 11) is 1.82. The Labute approximate surface area is 179 Å². The molecule has 0 fully saturated rings. The largest absolute Gasteiger partial charge is 0.349 e. The second-order valence-corrected chi connectivity index (χ2v) is 7.39. The molecule has 1 aromatic heterocycles. The number of rotatable bonds is 7. The second-order valence-electron chi connectivity index (χ2n) is 6.96. The van der Waals surface area contributed by atoms with Crippen molar-refractivity contribution in [3.8, 4) is 0 Å². The van der Waals surface area contributed by atoms with Gasteiger partial charge in [-0.3, -0.25) is 9.59 Å². The summed E-state index contributed by atoms with van der Waals surface area (Å²) in [4.78, 5) is 28.9. The molecule has 0 radical (unpaired) electrons. The molecule has 8 heteroatoms. The lowest BCUT2D eigenvalue weighted by Gasteiger charge is -2.22. The van der Waals surface area contributed by atoms with E-state index in [9.17, 15) is 14.0 Å². The van der Waals surface area contributed by atoms with Gasteiger partial charge in [0.2, 0.25) is 11.8 Å². The molecule has 0 aliphatic rings. The third kappa shape index (κ3) is 5.45. The van der Waals surface area contributed by atoms with Gasteiger partial charge < -0.3 is 15.2 Å². The molecule has 0 bridgehead atoms. The first-order chi connectivity index (χ1) is 14.3. The lowest BCUT2D eigenvalue weighted by atomic mass is 10.0. The van der Waals surface area contributed by atoms with E-state index in [0.717, 1.165) is 5.56 Å². The van der Waals surface area contributed by atoms with Gasteiger partial charge in [0.05, 0.1) is 12.5 Å². The third-order valence-electron chi connectivity index (χ3n) is 4.66. The summed E-state index contributed by atoms with van der Waals surface area (Å²) in [6.45, 7) is 1.40. The third-order valence-corrected chi connectivity index (χ3v) is 4.92.